The van der Waals surface area contributed by atoms with E-state index in [1.54, 1.807) is 31.8 Å². The largest absolute Gasteiger partial charge is 0.350 e. The van der Waals surface area contributed by atoms with Crippen molar-refractivity contribution >= 4 is 11.6 Å². The Morgan fingerprint density at radius 2 is 2.18 bits per heavy atom. The van der Waals surface area contributed by atoms with Crippen molar-refractivity contribution in [3.63, 3.8) is 0 Å². The van der Waals surface area contributed by atoms with E-state index >= 15 is 0 Å². The molecule has 22 heavy (non-hydrogen) atoms. The van der Waals surface area contributed by atoms with E-state index in [1.165, 1.54) is 4.68 Å². The molecule has 118 valence electrons. The van der Waals surface area contributed by atoms with E-state index in [0.717, 1.165) is 5.69 Å². The van der Waals surface area contributed by atoms with Crippen LogP contribution < -0.4 is 5.32 Å². The zero-order chi connectivity index (χ0) is 16.3. The Hall–Kier alpha value is -2.71. The number of carbonyl (C=O) groups is 1. The SMILES string of the molecule is Cc1nn(CCC(=O)NCc2ccnn2C)c(C)c1[N+](=O)[O-]. The van der Waals surface area contributed by atoms with Gasteiger partial charge in [-0.25, -0.2) is 0 Å². The molecule has 1 N–H and O–H groups in total. The average molecular weight is 306 g/mol. The highest BCUT2D eigenvalue weighted by molar-refractivity contribution is 5.75. The van der Waals surface area contributed by atoms with Crippen LogP contribution in [0.25, 0.3) is 0 Å². The number of nitrogens with zero attached hydrogens (tertiary/aromatic N) is 5. The van der Waals surface area contributed by atoms with Crippen molar-refractivity contribution in [2.75, 3.05) is 0 Å². The van der Waals surface area contributed by atoms with Crippen molar-refractivity contribution in [3.8, 4) is 0 Å². The molecule has 2 heterocycles. The molecule has 0 aliphatic carbocycles. The summed E-state index contributed by atoms with van der Waals surface area (Å²) in [7, 11) is 1.80. The van der Waals surface area contributed by atoms with Gasteiger partial charge in [-0.1, -0.05) is 0 Å². The highest BCUT2D eigenvalue weighted by atomic mass is 16.6. The molecular formula is C13H18N6O3. The van der Waals surface area contributed by atoms with Gasteiger partial charge in [-0.3, -0.25) is 24.3 Å². The van der Waals surface area contributed by atoms with Gasteiger partial charge in [-0.15, -0.1) is 0 Å². The third-order valence-electron chi connectivity index (χ3n) is 3.47. The summed E-state index contributed by atoms with van der Waals surface area (Å²) in [5.41, 5.74) is 1.73. The van der Waals surface area contributed by atoms with Crippen molar-refractivity contribution in [2.24, 2.45) is 7.05 Å². The van der Waals surface area contributed by atoms with Gasteiger partial charge >= 0.3 is 5.69 Å². The number of nitro groups is 1. The van der Waals surface area contributed by atoms with Crippen LogP contribution in [0.1, 0.15) is 23.5 Å². The summed E-state index contributed by atoms with van der Waals surface area (Å²) in [5.74, 6) is -0.142. The minimum Gasteiger partial charge on any atom is -0.350 e. The van der Waals surface area contributed by atoms with Crippen LogP contribution in [0.5, 0.6) is 0 Å². The zero-order valence-corrected chi connectivity index (χ0v) is 12.7. The van der Waals surface area contributed by atoms with Crippen molar-refractivity contribution in [1.29, 1.82) is 0 Å². The Kier molecular flexibility index (Phi) is 4.54. The number of rotatable bonds is 6. The lowest BCUT2D eigenvalue weighted by Crippen LogP contribution is -2.25. The molecule has 0 radical (unpaired) electrons. The number of hydrogen-bond donors (Lipinski definition) is 1. The number of aromatic nitrogens is 4. The second-order valence-corrected chi connectivity index (χ2v) is 4.97. The summed E-state index contributed by atoms with van der Waals surface area (Å²) in [6.07, 6.45) is 1.87. The third kappa shape index (κ3) is 3.30. The lowest BCUT2D eigenvalue weighted by atomic mass is 10.3. The van der Waals surface area contributed by atoms with Crippen molar-refractivity contribution in [3.05, 3.63) is 39.5 Å². The van der Waals surface area contributed by atoms with Gasteiger partial charge in [0.2, 0.25) is 5.91 Å². The molecule has 0 bridgehead atoms. The molecule has 9 nitrogen and oxygen atoms in total. The van der Waals surface area contributed by atoms with Gasteiger partial charge in [-0.2, -0.15) is 10.2 Å². The van der Waals surface area contributed by atoms with Gasteiger partial charge < -0.3 is 5.32 Å². The fraction of sp³-hybridized carbons (Fsp3) is 0.462. The number of amides is 1. The molecule has 9 heteroatoms. The predicted octanol–water partition coefficient (Wildman–Crippen LogP) is 0.848. The zero-order valence-electron chi connectivity index (χ0n) is 12.7. The van der Waals surface area contributed by atoms with Gasteiger partial charge in [0.05, 0.1) is 23.7 Å². The Bertz CT molecular complexity index is 703. The van der Waals surface area contributed by atoms with Crippen molar-refractivity contribution in [2.45, 2.75) is 33.4 Å². The first-order valence-electron chi connectivity index (χ1n) is 6.82. The summed E-state index contributed by atoms with van der Waals surface area (Å²) >= 11 is 0. The highest BCUT2D eigenvalue weighted by Crippen LogP contribution is 2.21. The third-order valence-corrected chi connectivity index (χ3v) is 3.47. The lowest BCUT2D eigenvalue weighted by molar-refractivity contribution is -0.386. The van der Waals surface area contributed by atoms with Gasteiger partial charge in [0.15, 0.2) is 0 Å². The second kappa shape index (κ2) is 6.37. The molecule has 0 unspecified atom stereocenters. The molecule has 2 aromatic heterocycles. The van der Waals surface area contributed by atoms with Crippen LogP contribution in [0.15, 0.2) is 12.3 Å². The van der Waals surface area contributed by atoms with E-state index in [4.69, 9.17) is 0 Å². The summed E-state index contributed by atoms with van der Waals surface area (Å²) in [4.78, 5) is 22.3. The predicted molar refractivity (Wildman–Crippen MR) is 78.0 cm³/mol. The fourth-order valence-electron chi connectivity index (χ4n) is 2.23. The maximum atomic E-state index is 11.8. The molecule has 1 amide bonds. The number of carbonyl (C=O) groups excluding carboxylic acids is 1. The van der Waals surface area contributed by atoms with Crippen molar-refractivity contribution in [1.82, 2.24) is 24.9 Å². The van der Waals surface area contributed by atoms with Crippen LogP contribution in [0.4, 0.5) is 5.69 Å². The average Bonchev–Trinajstić information content (AvgIpc) is 2.97. The molecule has 0 fully saturated rings. The summed E-state index contributed by atoms with van der Waals surface area (Å²) in [6, 6.07) is 1.82. The normalized spacial score (nSPS) is 10.7. The van der Waals surface area contributed by atoms with Crippen LogP contribution in [0, 0.1) is 24.0 Å². The Morgan fingerprint density at radius 1 is 1.45 bits per heavy atom. The molecule has 0 aliphatic heterocycles. The van der Waals surface area contributed by atoms with E-state index in [2.05, 4.69) is 15.5 Å². The first kappa shape index (κ1) is 15.7. The fourth-order valence-corrected chi connectivity index (χ4v) is 2.23. The standard InChI is InChI=1S/C13H18N6O3/c1-9-13(19(21)22)10(2)18(16-9)7-5-12(20)14-8-11-4-6-15-17(11)3/h4,6H,5,7-8H2,1-3H3,(H,14,20). The Morgan fingerprint density at radius 3 is 2.73 bits per heavy atom. The number of aryl methyl sites for hydroxylation is 3. The smallest absolute Gasteiger partial charge is 0.312 e. The molecular weight excluding hydrogens is 288 g/mol. The maximum Gasteiger partial charge on any atom is 0.312 e. The molecule has 0 aliphatic rings. The highest BCUT2D eigenvalue weighted by Gasteiger charge is 2.21. The summed E-state index contributed by atoms with van der Waals surface area (Å²) < 4.78 is 3.18. The molecule has 0 spiro atoms. The molecule has 0 aromatic carbocycles. The van der Waals surface area contributed by atoms with Gasteiger partial charge in [0.1, 0.15) is 11.4 Å². The number of hydrogen-bond acceptors (Lipinski definition) is 5. The van der Waals surface area contributed by atoms with Crippen LogP contribution in [-0.2, 0) is 24.9 Å². The second-order valence-electron chi connectivity index (χ2n) is 4.97. The topological polar surface area (TPSA) is 108 Å². The quantitative estimate of drug-likeness (QED) is 0.628. The minimum atomic E-state index is -0.448. The number of nitrogens with one attached hydrogen (secondary N) is 1. The molecule has 0 saturated heterocycles. The van der Waals surface area contributed by atoms with E-state index in [-0.39, 0.29) is 18.0 Å². The van der Waals surface area contributed by atoms with Gasteiger partial charge in [-0.05, 0) is 19.9 Å². The Balaban J connectivity index is 1.90. The van der Waals surface area contributed by atoms with E-state index in [1.807, 2.05) is 6.07 Å². The minimum absolute atomic E-state index is 0.00953. The lowest BCUT2D eigenvalue weighted by Gasteiger charge is -2.06. The Labute approximate surface area is 127 Å². The van der Waals surface area contributed by atoms with Crippen LogP contribution >= 0.6 is 0 Å². The molecule has 0 atom stereocenters. The van der Waals surface area contributed by atoms with Crippen LogP contribution in [-0.4, -0.2) is 30.4 Å². The van der Waals surface area contributed by atoms with Crippen LogP contribution in [0.3, 0.4) is 0 Å². The van der Waals surface area contributed by atoms with E-state index in [9.17, 15) is 14.9 Å². The van der Waals surface area contributed by atoms with E-state index < -0.39 is 4.92 Å². The van der Waals surface area contributed by atoms with Crippen LogP contribution in [0.2, 0.25) is 0 Å². The van der Waals surface area contributed by atoms with Gasteiger partial charge in [0.25, 0.3) is 0 Å². The molecule has 0 saturated carbocycles. The summed E-state index contributed by atoms with van der Waals surface area (Å²) in [5, 5.41) is 21.8. The van der Waals surface area contributed by atoms with E-state index in [0.29, 0.717) is 24.5 Å². The monoisotopic (exact) mass is 306 g/mol. The van der Waals surface area contributed by atoms with Gasteiger partial charge in [0, 0.05) is 19.7 Å². The molecule has 2 aromatic rings. The summed E-state index contributed by atoms with van der Waals surface area (Å²) in [6.45, 7) is 3.92. The first-order chi connectivity index (χ1) is 10.4. The maximum absolute atomic E-state index is 11.8. The van der Waals surface area contributed by atoms with Crippen molar-refractivity contribution < 1.29 is 9.72 Å². The molecule has 2 rings (SSSR count). The first-order valence-corrected chi connectivity index (χ1v) is 6.82.